The van der Waals surface area contributed by atoms with E-state index in [0.717, 1.165) is 38.4 Å². The van der Waals surface area contributed by atoms with Crippen LogP contribution in [0.5, 0.6) is 0 Å². The van der Waals surface area contributed by atoms with Crippen molar-refractivity contribution in [1.82, 2.24) is 14.2 Å². The number of rotatable bonds is 2. The average molecular weight is 339 g/mol. The Labute approximate surface area is 149 Å². The van der Waals surface area contributed by atoms with Gasteiger partial charge in [0.15, 0.2) is 0 Å². The summed E-state index contributed by atoms with van der Waals surface area (Å²) in [6.45, 7) is 2.59. The molecule has 3 aromatic carbocycles. The highest BCUT2D eigenvalue weighted by molar-refractivity contribution is 6.08. The minimum absolute atomic E-state index is 0.114. The van der Waals surface area contributed by atoms with E-state index in [9.17, 15) is 4.79 Å². The Hall–Kier alpha value is -3.40. The van der Waals surface area contributed by atoms with Crippen LogP contribution in [-0.2, 0) is 6.54 Å². The number of hydrogen-bond donors (Lipinski definition) is 0. The van der Waals surface area contributed by atoms with Gasteiger partial charge in [0, 0.05) is 10.8 Å². The van der Waals surface area contributed by atoms with Gasteiger partial charge in [-0.2, -0.15) is 9.61 Å². The topological polar surface area (TPSA) is 39.3 Å². The number of nitrogens with zero attached hydrogens (tertiary/aromatic N) is 3. The normalized spacial score (nSPS) is 11.6. The molecule has 2 heterocycles. The summed E-state index contributed by atoms with van der Waals surface area (Å²) in [6, 6.07) is 24.2. The van der Waals surface area contributed by atoms with Gasteiger partial charge in [0.2, 0.25) is 0 Å². The van der Waals surface area contributed by atoms with Crippen molar-refractivity contribution in [2.45, 2.75) is 13.5 Å². The van der Waals surface area contributed by atoms with Crippen LogP contribution in [0.2, 0.25) is 0 Å². The van der Waals surface area contributed by atoms with E-state index in [1.165, 1.54) is 0 Å². The molecule has 0 unspecified atom stereocenters. The van der Waals surface area contributed by atoms with Crippen LogP contribution in [0.4, 0.5) is 0 Å². The molecule has 2 aromatic heterocycles. The first-order valence-corrected chi connectivity index (χ1v) is 8.67. The lowest BCUT2D eigenvalue weighted by Gasteiger charge is -2.12. The maximum absolute atomic E-state index is 13.3. The lowest BCUT2D eigenvalue weighted by molar-refractivity contribution is 0.719. The van der Waals surface area contributed by atoms with Crippen LogP contribution in [0.3, 0.4) is 0 Å². The standard InChI is InChI=1S/C22H17N3O/c1-15-11-12-20-18(13-15)21-17-9-5-6-10-19(17)23-25(21)22(26)24(20)14-16-7-3-2-4-8-16/h2-13H,14H2,1H3. The van der Waals surface area contributed by atoms with E-state index in [1.807, 2.05) is 65.2 Å². The second kappa shape index (κ2) is 5.56. The van der Waals surface area contributed by atoms with Gasteiger partial charge in [0.05, 0.1) is 23.1 Å². The first-order valence-electron chi connectivity index (χ1n) is 8.67. The zero-order valence-electron chi connectivity index (χ0n) is 14.4. The summed E-state index contributed by atoms with van der Waals surface area (Å²) in [4.78, 5) is 13.3. The molecule has 4 heteroatoms. The second-order valence-electron chi connectivity index (χ2n) is 6.65. The molecule has 0 aliphatic carbocycles. The summed E-state index contributed by atoms with van der Waals surface area (Å²) >= 11 is 0. The Morgan fingerprint density at radius 1 is 0.885 bits per heavy atom. The van der Waals surface area contributed by atoms with Gasteiger partial charge >= 0.3 is 5.69 Å². The first-order chi connectivity index (χ1) is 12.7. The Kier molecular flexibility index (Phi) is 3.19. The molecule has 0 atom stereocenters. The fourth-order valence-electron chi connectivity index (χ4n) is 3.64. The van der Waals surface area contributed by atoms with Crippen LogP contribution in [0, 0.1) is 6.92 Å². The quantitative estimate of drug-likeness (QED) is 0.484. The van der Waals surface area contributed by atoms with Gasteiger partial charge in [-0.25, -0.2) is 4.79 Å². The van der Waals surface area contributed by atoms with Crippen LogP contribution in [-0.4, -0.2) is 14.2 Å². The largest absolute Gasteiger partial charge is 0.350 e. The molecule has 0 saturated heterocycles. The van der Waals surface area contributed by atoms with Crippen LogP contribution < -0.4 is 5.69 Å². The molecular formula is C22H17N3O. The highest BCUT2D eigenvalue weighted by Crippen LogP contribution is 2.27. The number of aromatic nitrogens is 3. The van der Waals surface area contributed by atoms with Gasteiger partial charge in [0.1, 0.15) is 0 Å². The Morgan fingerprint density at radius 2 is 1.65 bits per heavy atom. The zero-order valence-corrected chi connectivity index (χ0v) is 14.4. The minimum atomic E-state index is -0.114. The van der Waals surface area contributed by atoms with E-state index in [4.69, 9.17) is 0 Å². The predicted octanol–water partition coefficient (Wildman–Crippen LogP) is 4.16. The summed E-state index contributed by atoms with van der Waals surface area (Å²) in [5.74, 6) is 0. The molecule has 0 spiro atoms. The van der Waals surface area contributed by atoms with Crippen molar-refractivity contribution in [1.29, 1.82) is 0 Å². The number of fused-ring (bicyclic) bond motifs is 5. The third-order valence-corrected chi connectivity index (χ3v) is 4.87. The maximum Gasteiger partial charge on any atom is 0.350 e. The molecule has 0 radical (unpaired) electrons. The number of aryl methyl sites for hydroxylation is 1. The van der Waals surface area contributed by atoms with Crippen molar-refractivity contribution in [3.63, 3.8) is 0 Å². The monoisotopic (exact) mass is 339 g/mol. The van der Waals surface area contributed by atoms with E-state index in [2.05, 4.69) is 24.2 Å². The summed E-state index contributed by atoms with van der Waals surface area (Å²) in [7, 11) is 0. The smallest absolute Gasteiger partial charge is 0.287 e. The van der Waals surface area contributed by atoms with Crippen LogP contribution in [0.25, 0.3) is 27.3 Å². The van der Waals surface area contributed by atoms with Crippen molar-refractivity contribution in [2.75, 3.05) is 0 Å². The average Bonchev–Trinajstić information content (AvgIpc) is 3.06. The summed E-state index contributed by atoms with van der Waals surface area (Å²) < 4.78 is 3.36. The second-order valence-corrected chi connectivity index (χ2v) is 6.65. The van der Waals surface area contributed by atoms with Gasteiger partial charge in [-0.3, -0.25) is 4.57 Å². The molecule has 5 rings (SSSR count). The highest BCUT2D eigenvalue weighted by atomic mass is 16.1. The zero-order chi connectivity index (χ0) is 17.7. The number of benzene rings is 3. The summed E-state index contributed by atoms with van der Waals surface area (Å²) in [6.07, 6.45) is 0. The van der Waals surface area contributed by atoms with Crippen LogP contribution in [0.1, 0.15) is 11.1 Å². The number of hydrogen-bond acceptors (Lipinski definition) is 2. The molecule has 26 heavy (non-hydrogen) atoms. The Bertz CT molecular complexity index is 1330. The molecule has 4 nitrogen and oxygen atoms in total. The summed E-state index contributed by atoms with van der Waals surface area (Å²) in [5.41, 5.74) is 4.79. The highest BCUT2D eigenvalue weighted by Gasteiger charge is 2.15. The van der Waals surface area contributed by atoms with E-state index < -0.39 is 0 Å². The molecule has 0 bridgehead atoms. The van der Waals surface area contributed by atoms with Crippen LogP contribution in [0.15, 0.2) is 77.6 Å². The molecule has 0 saturated carbocycles. The SMILES string of the molecule is Cc1ccc2c(c1)c1c3ccccc3nn1c(=O)n2Cc1ccccc1. The van der Waals surface area contributed by atoms with E-state index in [-0.39, 0.29) is 5.69 Å². The third-order valence-electron chi connectivity index (χ3n) is 4.87. The molecule has 126 valence electrons. The third kappa shape index (κ3) is 2.15. The van der Waals surface area contributed by atoms with Crippen molar-refractivity contribution < 1.29 is 0 Å². The fourth-order valence-corrected chi connectivity index (χ4v) is 3.64. The molecule has 0 fully saturated rings. The van der Waals surface area contributed by atoms with Crippen molar-refractivity contribution >= 4 is 27.3 Å². The lowest BCUT2D eigenvalue weighted by Crippen LogP contribution is -2.28. The van der Waals surface area contributed by atoms with Gasteiger partial charge < -0.3 is 0 Å². The summed E-state index contributed by atoms with van der Waals surface area (Å²) in [5, 5.41) is 6.64. The molecule has 0 aliphatic rings. The molecule has 5 aromatic rings. The maximum atomic E-state index is 13.3. The minimum Gasteiger partial charge on any atom is -0.287 e. The fraction of sp³-hybridized carbons (Fsp3) is 0.0909. The Morgan fingerprint density at radius 3 is 2.50 bits per heavy atom. The lowest BCUT2D eigenvalue weighted by atomic mass is 10.1. The Balaban J connectivity index is 1.94. The van der Waals surface area contributed by atoms with Gasteiger partial charge in [-0.05, 0) is 30.7 Å². The predicted molar refractivity (Wildman–Crippen MR) is 105 cm³/mol. The van der Waals surface area contributed by atoms with Crippen molar-refractivity contribution in [3.05, 3.63) is 94.4 Å². The van der Waals surface area contributed by atoms with E-state index in [1.54, 1.807) is 4.52 Å². The molecular weight excluding hydrogens is 322 g/mol. The molecule has 0 amide bonds. The van der Waals surface area contributed by atoms with Crippen molar-refractivity contribution in [3.8, 4) is 0 Å². The van der Waals surface area contributed by atoms with E-state index >= 15 is 0 Å². The van der Waals surface area contributed by atoms with Gasteiger partial charge in [-0.1, -0.05) is 60.2 Å². The van der Waals surface area contributed by atoms with Gasteiger partial charge in [0.25, 0.3) is 0 Å². The van der Waals surface area contributed by atoms with E-state index in [0.29, 0.717) is 6.54 Å². The molecule has 0 N–H and O–H groups in total. The van der Waals surface area contributed by atoms with Crippen molar-refractivity contribution in [2.24, 2.45) is 0 Å². The van der Waals surface area contributed by atoms with Gasteiger partial charge in [-0.15, -0.1) is 0 Å². The van der Waals surface area contributed by atoms with Crippen LogP contribution >= 0.6 is 0 Å². The first kappa shape index (κ1) is 14.9. The molecule has 0 aliphatic heterocycles.